The summed E-state index contributed by atoms with van der Waals surface area (Å²) in [6.45, 7) is 0.182. The summed E-state index contributed by atoms with van der Waals surface area (Å²) in [5.74, 6) is 0.214. The van der Waals surface area contributed by atoms with E-state index in [1.165, 1.54) is 12.1 Å². The molecule has 0 radical (unpaired) electrons. The van der Waals surface area contributed by atoms with E-state index in [1.54, 1.807) is 47.3 Å². The lowest BCUT2D eigenvalue weighted by atomic mass is 10.0. The van der Waals surface area contributed by atoms with Crippen LogP contribution in [0.25, 0.3) is 22.5 Å². The largest absolute Gasteiger partial charge is 0.487 e. The van der Waals surface area contributed by atoms with Crippen LogP contribution in [0, 0.1) is 5.82 Å². The van der Waals surface area contributed by atoms with Crippen LogP contribution in [0.4, 0.5) is 4.39 Å². The Morgan fingerprint density at radius 3 is 2.54 bits per heavy atom. The van der Waals surface area contributed by atoms with Gasteiger partial charge in [-0.15, -0.1) is 5.10 Å². The van der Waals surface area contributed by atoms with Crippen LogP contribution < -0.4 is 4.74 Å². The highest BCUT2D eigenvalue weighted by Crippen LogP contribution is 2.30. The summed E-state index contributed by atoms with van der Waals surface area (Å²) < 4.78 is 21.8. The second-order valence-corrected chi connectivity index (χ2v) is 8.74. The van der Waals surface area contributed by atoms with Gasteiger partial charge in [-0.05, 0) is 77.5 Å². The molecular formula is C28H19BrFN3O2. The van der Waals surface area contributed by atoms with Gasteiger partial charge >= 0.3 is 0 Å². The van der Waals surface area contributed by atoms with Crippen LogP contribution in [-0.2, 0) is 6.61 Å². The number of halogens is 2. The van der Waals surface area contributed by atoms with Crippen molar-refractivity contribution in [2.75, 3.05) is 0 Å². The second kappa shape index (κ2) is 10.0. The van der Waals surface area contributed by atoms with E-state index in [9.17, 15) is 9.18 Å². The normalized spacial score (nSPS) is 11.3. The van der Waals surface area contributed by atoms with Gasteiger partial charge in [0.05, 0.1) is 11.9 Å². The lowest BCUT2D eigenvalue weighted by Gasteiger charge is -2.11. The highest BCUT2D eigenvalue weighted by molar-refractivity contribution is 9.10. The molecule has 1 heterocycles. The van der Waals surface area contributed by atoms with Gasteiger partial charge in [0.15, 0.2) is 5.78 Å². The highest BCUT2D eigenvalue weighted by atomic mass is 79.9. The van der Waals surface area contributed by atoms with E-state index in [1.807, 2.05) is 48.5 Å². The molecule has 0 N–H and O–H groups in total. The molecule has 0 fully saturated rings. The number of allylic oxidation sites excluding steroid dienone is 1. The molecule has 5 rings (SSSR count). The van der Waals surface area contributed by atoms with Crippen molar-refractivity contribution in [2.24, 2.45) is 0 Å². The number of benzene rings is 4. The van der Waals surface area contributed by atoms with Crippen molar-refractivity contribution in [3.8, 4) is 11.4 Å². The number of ether oxygens (including phenoxy) is 1. The molecule has 0 saturated heterocycles. The first-order valence-electron chi connectivity index (χ1n) is 10.9. The minimum atomic E-state index is -0.312. The van der Waals surface area contributed by atoms with Gasteiger partial charge in [-0.3, -0.25) is 4.79 Å². The minimum Gasteiger partial charge on any atom is -0.487 e. The first-order valence-corrected chi connectivity index (χ1v) is 11.7. The zero-order chi connectivity index (χ0) is 24.2. The number of fused-ring (bicyclic) bond motifs is 1. The molecule has 0 saturated carbocycles. The van der Waals surface area contributed by atoms with Crippen LogP contribution >= 0.6 is 15.9 Å². The Kier molecular flexibility index (Phi) is 6.50. The number of carbonyl (C=O) groups is 1. The van der Waals surface area contributed by atoms with Crippen LogP contribution in [0.5, 0.6) is 5.75 Å². The molecule has 0 unspecified atom stereocenters. The summed E-state index contributed by atoms with van der Waals surface area (Å²) in [4.78, 5) is 12.7. The molecule has 0 atom stereocenters. The van der Waals surface area contributed by atoms with Crippen LogP contribution in [-0.4, -0.2) is 20.8 Å². The third-order valence-electron chi connectivity index (χ3n) is 5.47. The van der Waals surface area contributed by atoms with Crippen molar-refractivity contribution in [1.29, 1.82) is 0 Å². The Hall–Kier alpha value is -4.10. The maximum Gasteiger partial charge on any atom is 0.185 e. The topological polar surface area (TPSA) is 57.0 Å². The summed E-state index contributed by atoms with van der Waals surface area (Å²) in [6, 6.07) is 25.0. The van der Waals surface area contributed by atoms with Gasteiger partial charge in [0.2, 0.25) is 0 Å². The summed E-state index contributed by atoms with van der Waals surface area (Å²) >= 11 is 3.39. The third-order valence-corrected chi connectivity index (χ3v) is 6.00. The van der Waals surface area contributed by atoms with Crippen molar-refractivity contribution in [3.05, 3.63) is 124 Å². The Balaban J connectivity index is 1.40. The van der Waals surface area contributed by atoms with Crippen LogP contribution in [0.3, 0.4) is 0 Å². The molecule has 0 amide bonds. The fourth-order valence-corrected chi connectivity index (χ4v) is 3.94. The summed E-state index contributed by atoms with van der Waals surface area (Å²) in [5.41, 5.74) is 2.72. The molecule has 0 spiro atoms. The maximum absolute atomic E-state index is 13.2. The lowest BCUT2D eigenvalue weighted by Crippen LogP contribution is -1.99. The molecule has 172 valence electrons. The van der Waals surface area contributed by atoms with Crippen molar-refractivity contribution in [2.45, 2.75) is 6.61 Å². The van der Waals surface area contributed by atoms with E-state index >= 15 is 0 Å². The highest BCUT2D eigenvalue weighted by Gasteiger charge is 2.10. The zero-order valence-corrected chi connectivity index (χ0v) is 20.0. The number of nitrogens with zero attached hydrogens (tertiary/aromatic N) is 3. The third kappa shape index (κ3) is 5.20. The summed E-state index contributed by atoms with van der Waals surface area (Å²) in [5, 5.41) is 10.3. The van der Waals surface area contributed by atoms with Crippen LogP contribution in [0.2, 0.25) is 0 Å². The van der Waals surface area contributed by atoms with E-state index in [4.69, 9.17) is 4.74 Å². The van der Waals surface area contributed by atoms with E-state index in [-0.39, 0.29) is 18.2 Å². The molecule has 5 aromatic rings. The lowest BCUT2D eigenvalue weighted by molar-refractivity contribution is 0.104. The predicted octanol–water partition coefficient (Wildman–Crippen LogP) is 6.80. The first kappa shape index (κ1) is 22.7. The molecule has 4 aromatic carbocycles. The van der Waals surface area contributed by atoms with Crippen LogP contribution in [0.15, 0.2) is 102 Å². The molecule has 5 nitrogen and oxygen atoms in total. The van der Waals surface area contributed by atoms with Gasteiger partial charge in [-0.1, -0.05) is 51.5 Å². The van der Waals surface area contributed by atoms with E-state index < -0.39 is 0 Å². The van der Waals surface area contributed by atoms with E-state index in [0.717, 1.165) is 20.8 Å². The van der Waals surface area contributed by atoms with Crippen LogP contribution in [0.1, 0.15) is 21.6 Å². The predicted molar refractivity (Wildman–Crippen MR) is 137 cm³/mol. The molecule has 35 heavy (non-hydrogen) atoms. The monoisotopic (exact) mass is 527 g/mol. The molecular weight excluding hydrogens is 509 g/mol. The molecule has 0 aliphatic carbocycles. The summed E-state index contributed by atoms with van der Waals surface area (Å²) in [6.07, 6.45) is 5.08. The Labute approximate surface area is 209 Å². The first-order chi connectivity index (χ1) is 17.1. The van der Waals surface area contributed by atoms with Crippen molar-refractivity contribution >= 4 is 38.6 Å². The molecule has 0 aliphatic rings. The molecule has 0 bridgehead atoms. The van der Waals surface area contributed by atoms with Crippen molar-refractivity contribution in [3.63, 3.8) is 0 Å². The number of ketones is 1. The Morgan fingerprint density at radius 1 is 0.971 bits per heavy atom. The Bertz CT molecular complexity index is 1530. The quantitative estimate of drug-likeness (QED) is 0.172. The van der Waals surface area contributed by atoms with Gasteiger partial charge < -0.3 is 4.74 Å². The number of hydrogen-bond acceptors (Lipinski definition) is 4. The standard InChI is InChI=1S/C28H19BrFN3O2/c29-21-8-5-20(6-9-21)27(34)15-14-26-25-4-2-1-3-19(25)7-16-28(26)35-18-23-17-33(32-31-23)24-12-10-22(30)11-13-24/h1-17H,18H2/b15-14+. The molecule has 0 aliphatic heterocycles. The van der Waals surface area contributed by atoms with Gasteiger partial charge in [0, 0.05) is 15.6 Å². The Morgan fingerprint density at radius 2 is 1.74 bits per heavy atom. The molecule has 7 heteroatoms. The maximum atomic E-state index is 13.2. The van der Waals surface area contributed by atoms with E-state index in [0.29, 0.717) is 22.7 Å². The summed E-state index contributed by atoms with van der Waals surface area (Å²) in [7, 11) is 0. The smallest absolute Gasteiger partial charge is 0.185 e. The average molecular weight is 528 g/mol. The van der Waals surface area contributed by atoms with Crippen molar-refractivity contribution in [1.82, 2.24) is 15.0 Å². The average Bonchev–Trinajstić information content (AvgIpc) is 3.36. The van der Waals surface area contributed by atoms with Gasteiger partial charge in [-0.2, -0.15) is 0 Å². The number of carbonyl (C=O) groups excluding carboxylic acids is 1. The fraction of sp³-hybridized carbons (Fsp3) is 0.0357. The fourth-order valence-electron chi connectivity index (χ4n) is 3.68. The minimum absolute atomic E-state index is 0.0985. The van der Waals surface area contributed by atoms with Gasteiger partial charge in [0.1, 0.15) is 23.9 Å². The van der Waals surface area contributed by atoms with Gasteiger partial charge in [0.25, 0.3) is 0 Å². The molecule has 1 aromatic heterocycles. The van der Waals surface area contributed by atoms with Crippen molar-refractivity contribution < 1.29 is 13.9 Å². The number of aromatic nitrogens is 3. The second-order valence-electron chi connectivity index (χ2n) is 7.82. The SMILES string of the molecule is O=C(/C=C/c1c(OCc2cn(-c3ccc(F)cc3)nn2)ccc2ccccc12)c1ccc(Br)cc1. The zero-order valence-electron chi connectivity index (χ0n) is 18.4. The van der Waals surface area contributed by atoms with Gasteiger partial charge in [-0.25, -0.2) is 9.07 Å². The number of rotatable bonds is 7. The number of hydrogen-bond donors (Lipinski definition) is 0. The van der Waals surface area contributed by atoms with E-state index in [2.05, 4.69) is 26.2 Å².